The van der Waals surface area contributed by atoms with Gasteiger partial charge in [0.25, 0.3) is 0 Å². The first-order valence-corrected chi connectivity index (χ1v) is 7.82. The van der Waals surface area contributed by atoms with Crippen LogP contribution in [0.3, 0.4) is 0 Å². The Labute approximate surface area is 189 Å². The van der Waals surface area contributed by atoms with Crippen molar-refractivity contribution in [2.75, 3.05) is 27.9 Å². The second kappa shape index (κ2) is 10.2. The Kier molecular flexibility index (Phi) is 9.62. The summed E-state index contributed by atoms with van der Waals surface area (Å²) in [6.07, 6.45) is -2.76. The van der Waals surface area contributed by atoms with Gasteiger partial charge >= 0.3 is 58.4 Å². The summed E-state index contributed by atoms with van der Waals surface area (Å²) in [7, 11) is 4.25. The van der Waals surface area contributed by atoms with Crippen LogP contribution in [-0.4, -0.2) is 58.7 Å². The van der Waals surface area contributed by atoms with Gasteiger partial charge in [0, 0.05) is 26.8 Å². The second-order valence-corrected chi connectivity index (χ2v) is 6.09. The molecule has 0 radical (unpaired) electrons. The van der Waals surface area contributed by atoms with Gasteiger partial charge in [-0.15, -0.1) is 0 Å². The third kappa shape index (κ3) is 5.52. The first-order chi connectivity index (χ1) is 11.4. The molecular weight excluding hydrogens is 363 g/mol. The Morgan fingerprint density at radius 2 is 1.76 bits per heavy atom. The van der Waals surface area contributed by atoms with E-state index < -0.39 is 30.8 Å². The number of hydrogen-bond acceptors (Lipinski definition) is 4. The molecule has 1 aliphatic rings. The van der Waals surface area contributed by atoms with Crippen LogP contribution >= 0.6 is 0 Å². The quantitative estimate of drug-likeness (QED) is 0.610. The van der Waals surface area contributed by atoms with Crippen molar-refractivity contribution < 1.29 is 83.3 Å². The minimum atomic E-state index is -5.28. The average molecular weight is 386 g/mol. The molecule has 0 spiro atoms. The number of hydrogen-bond donors (Lipinski definition) is 0. The van der Waals surface area contributed by atoms with Gasteiger partial charge in [-0.2, -0.15) is 0 Å². The maximum atomic E-state index is 14.0. The standard InChI is InChI=1S/C16H23BF3O4.K/c1-21-11-14-15(23-3)13(22-2)10-16(24-14,17(18,19)20)9-12-7-5-4-6-8-12;/h4-8,13-15H,9-11H2,1-3H3;/q-1;+1/t13-,14?,15?,16-;/m1./s1. The SMILES string of the molecule is COCC1O[C@@](Cc2ccccc2)([B-](F)(F)F)C[C@@H](OC)C1OC.[K+]. The molecule has 1 aromatic rings. The van der Waals surface area contributed by atoms with E-state index in [1.165, 1.54) is 21.3 Å². The van der Waals surface area contributed by atoms with E-state index in [2.05, 4.69) is 0 Å². The predicted octanol–water partition coefficient (Wildman–Crippen LogP) is -0.176. The fourth-order valence-electron chi connectivity index (χ4n) is 3.31. The maximum absolute atomic E-state index is 14.0. The van der Waals surface area contributed by atoms with Gasteiger partial charge in [0.1, 0.15) is 12.2 Å². The third-order valence-electron chi connectivity index (χ3n) is 4.51. The van der Waals surface area contributed by atoms with Crippen LogP contribution in [0.25, 0.3) is 0 Å². The van der Waals surface area contributed by atoms with E-state index in [1.54, 1.807) is 30.3 Å². The summed E-state index contributed by atoms with van der Waals surface area (Å²) < 4.78 is 63.4. The van der Waals surface area contributed by atoms with Gasteiger partial charge in [0.15, 0.2) is 0 Å². The first-order valence-electron chi connectivity index (χ1n) is 7.82. The molecule has 9 heteroatoms. The Hall–Kier alpha value is 0.551. The van der Waals surface area contributed by atoms with Crippen molar-refractivity contribution in [3.63, 3.8) is 0 Å². The topological polar surface area (TPSA) is 36.9 Å². The monoisotopic (exact) mass is 386 g/mol. The van der Waals surface area contributed by atoms with Gasteiger partial charge in [0.05, 0.1) is 12.7 Å². The second-order valence-electron chi connectivity index (χ2n) is 6.09. The van der Waals surface area contributed by atoms with Crippen LogP contribution in [0.4, 0.5) is 12.9 Å². The smallest absolute Gasteiger partial charge is 0.447 e. The molecular formula is C16H23BF3KO4. The van der Waals surface area contributed by atoms with Crippen molar-refractivity contribution in [2.45, 2.75) is 36.7 Å². The zero-order valence-corrected chi connectivity index (χ0v) is 18.2. The molecule has 0 amide bonds. The normalized spacial score (nSPS) is 29.9. The molecule has 1 aromatic carbocycles. The zero-order valence-electron chi connectivity index (χ0n) is 15.1. The zero-order chi connectivity index (χ0) is 17.8. The first kappa shape index (κ1) is 23.6. The summed E-state index contributed by atoms with van der Waals surface area (Å²) in [6, 6.07) is 8.54. The summed E-state index contributed by atoms with van der Waals surface area (Å²) >= 11 is 0. The van der Waals surface area contributed by atoms with Crippen molar-refractivity contribution in [3.8, 4) is 0 Å². The molecule has 0 aliphatic carbocycles. The largest absolute Gasteiger partial charge is 1.00 e. The number of rotatable bonds is 7. The van der Waals surface area contributed by atoms with Crippen molar-refractivity contribution >= 4 is 6.98 Å². The van der Waals surface area contributed by atoms with E-state index in [-0.39, 0.29) is 70.8 Å². The molecule has 4 nitrogen and oxygen atoms in total. The minimum Gasteiger partial charge on any atom is -0.447 e. The summed E-state index contributed by atoms with van der Waals surface area (Å²) in [6.45, 7) is -5.28. The van der Waals surface area contributed by atoms with Gasteiger partial charge in [-0.05, 0) is 18.4 Å². The Morgan fingerprint density at radius 1 is 1.12 bits per heavy atom. The van der Waals surface area contributed by atoms with E-state index in [0.29, 0.717) is 5.56 Å². The fraction of sp³-hybridized carbons (Fsp3) is 0.625. The third-order valence-corrected chi connectivity index (χ3v) is 4.51. The van der Waals surface area contributed by atoms with E-state index in [9.17, 15) is 12.9 Å². The van der Waals surface area contributed by atoms with Crippen molar-refractivity contribution in [3.05, 3.63) is 35.9 Å². The molecule has 4 atom stereocenters. The van der Waals surface area contributed by atoms with Crippen LogP contribution in [0, 0.1) is 0 Å². The molecule has 136 valence electrons. The molecule has 1 saturated heterocycles. The van der Waals surface area contributed by atoms with Crippen molar-refractivity contribution in [1.82, 2.24) is 0 Å². The van der Waals surface area contributed by atoms with Gasteiger partial charge in [-0.25, -0.2) is 0 Å². The molecule has 0 N–H and O–H groups in total. The maximum Gasteiger partial charge on any atom is 1.00 e. The molecule has 1 heterocycles. The van der Waals surface area contributed by atoms with Crippen molar-refractivity contribution in [1.29, 1.82) is 0 Å². The summed E-state index contributed by atoms with van der Waals surface area (Å²) in [5.41, 5.74) is -1.71. The van der Waals surface area contributed by atoms with Gasteiger partial charge < -0.3 is 31.9 Å². The van der Waals surface area contributed by atoms with Crippen LogP contribution in [0.2, 0.25) is 0 Å². The summed E-state index contributed by atoms with van der Waals surface area (Å²) in [5, 5.41) is 0. The molecule has 25 heavy (non-hydrogen) atoms. The van der Waals surface area contributed by atoms with Crippen LogP contribution in [0.5, 0.6) is 0 Å². The number of benzene rings is 1. The summed E-state index contributed by atoms with van der Waals surface area (Å²) in [4.78, 5) is 0. The fourth-order valence-corrected chi connectivity index (χ4v) is 3.31. The van der Waals surface area contributed by atoms with Gasteiger partial charge in [-0.1, -0.05) is 30.3 Å². The van der Waals surface area contributed by atoms with Crippen LogP contribution in [0.1, 0.15) is 12.0 Å². The number of halogens is 3. The van der Waals surface area contributed by atoms with Gasteiger partial charge in [-0.3, -0.25) is 0 Å². The summed E-state index contributed by atoms with van der Waals surface area (Å²) in [5.74, 6) is 0. The Balaban J connectivity index is 0.00000312. The predicted molar refractivity (Wildman–Crippen MR) is 84.9 cm³/mol. The average Bonchev–Trinajstić information content (AvgIpc) is 2.54. The molecule has 0 aromatic heterocycles. The van der Waals surface area contributed by atoms with E-state index in [1.807, 2.05) is 0 Å². The van der Waals surface area contributed by atoms with Crippen LogP contribution in [0.15, 0.2) is 30.3 Å². The molecule has 0 bridgehead atoms. The van der Waals surface area contributed by atoms with Gasteiger partial charge in [0.2, 0.25) is 0 Å². The molecule has 2 unspecified atom stereocenters. The van der Waals surface area contributed by atoms with Crippen molar-refractivity contribution in [2.24, 2.45) is 0 Å². The van der Waals surface area contributed by atoms with E-state index in [4.69, 9.17) is 18.9 Å². The molecule has 1 fully saturated rings. The van der Waals surface area contributed by atoms with Crippen LogP contribution < -0.4 is 51.4 Å². The molecule has 2 rings (SSSR count). The molecule has 1 aliphatic heterocycles. The van der Waals surface area contributed by atoms with Crippen LogP contribution in [-0.2, 0) is 25.4 Å². The van der Waals surface area contributed by atoms with E-state index in [0.717, 1.165) is 0 Å². The number of methoxy groups -OCH3 is 3. The molecule has 0 saturated carbocycles. The Bertz CT molecular complexity index is 520. The Morgan fingerprint density at radius 3 is 2.24 bits per heavy atom. The van der Waals surface area contributed by atoms with E-state index >= 15 is 0 Å². The number of ether oxygens (including phenoxy) is 4. The minimum absolute atomic E-state index is 0.